The molecule has 1 aliphatic heterocycles. The fourth-order valence-corrected chi connectivity index (χ4v) is 4.39. The Labute approximate surface area is 151 Å². The summed E-state index contributed by atoms with van der Waals surface area (Å²) < 4.78 is 29.0. The maximum absolute atomic E-state index is 14.3. The molecule has 1 amide bonds. The molecule has 2 heterocycles. The van der Waals surface area contributed by atoms with Gasteiger partial charge in [0.05, 0.1) is 10.6 Å². The van der Waals surface area contributed by atoms with E-state index in [-0.39, 0.29) is 22.8 Å². The molecule has 7 heteroatoms. The second kappa shape index (κ2) is 6.17. The zero-order valence-electron chi connectivity index (χ0n) is 13.8. The van der Waals surface area contributed by atoms with Gasteiger partial charge < -0.3 is 0 Å². The first kappa shape index (κ1) is 16.7. The molecule has 26 heavy (non-hydrogen) atoms. The summed E-state index contributed by atoms with van der Waals surface area (Å²) in [7, 11) is 1.59. The molecular formula is C19H14F2N2O2S. The molecule has 3 aromatic rings. The van der Waals surface area contributed by atoms with E-state index in [0.29, 0.717) is 16.4 Å². The molecule has 0 saturated carbocycles. The van der Waals surface area contributed by atoms with Gasteiger partial charge in [0.25, 0.3) is 0 Å². The number of amides is 1. The number of fused-ring (bicyclic) bond motifs is 1. The number of hydrogen-bond acceptors (Lipinski definition) is 3. The van der Waals surface area contributed by atoms with Crippen molar-refractivity contribution < 1.29 is 13.6 Å². The molecule has 0 aliphatic carbocycles. The summed E-state index contributed by atoms with van der Waals surface area (Å²) in [5.74, 6) is -1.81. The number of para-hydroxylation sites is 1. The molecule has 1 unspecified atom stereocenters. The van der Waals surface area contributed by atoms with Gasteiger partial charge >= 0.3 is 4.87 Å². The highest BCUT2D eigenvalue weighted by Gasteiger charge is 2.38. The number of carbonyl (C=O) groups is 1. The Hall–Kier alpha value is -2.80. The lowest BCUT2D eigenvalue weighted by Gasteiger charge is -2.32. The van der Waals surface area contributed by atoms with Gasteiger partial charge in [-0.25, -0.2) is 8.78 Å². The van der Waals surface area contributed by atoms with Crippen LogP contribution in [0, 0.1) is 11.6 Å². The van der Waals surface area contributed by atoms with E-state index in [0.717, 1.165) is 23.5 Å². The molecule has 4 rings (SSSR count). The Morgan fingerprint density at radius 3 is 2.50 bits per heavy atom. The number of benzene rings is 2. The lowest BCUT2D eigenvalue weighted by atomic mass is 9.90. The third kappa shape index (κ3) is 2.55. The highest BCUT2D eigenvalue weighted by Crippen LogP contribution is 2.44. The van der Waals surface area contributed by atoms with Gasteiger partial charge in [0, 0.05) is 25.5 Å². The van der Waals surface area contributed by atoms with E-state index in [1.165, 1.54) is 15.5 Å². The average molecular weight is 372 g/mol. The summed E-state index contributed by atoms with van der Waals surface area (Å²) in [4.78, 5) is 27.1. The van der Waals surface area contributed by atoms with Crippen molar-refractivity contribution in [3.63, 3.8) is 0 Å². The van der Waals surface area contributed by atoms with Crippen LogP contribution in [0.5, 0.6) is 0 Å². The largest absolute Gasteiger partial charge is 0.308 e. The van der Waals surface area contributed by atoms with Crippen LogP contribution in [0.2, 0.25) is 0 Å². The van der Waals surface area contributed by atoms with E-state index in [2.05, 4.69) is 0 Å². The van der Waals surface area contributed by atoms with Gasteiger partial charge in [-0.2, -0.15) is 0 Å². The highest BCUT2D eigenvalue weighted by molar-refractivity contribution is 7.10. The van der Waals surface area contributed by atoms with Crippen molar-refractivity contribution in [1.82, 2.24) is 4.57 Å². The number of thiazole rings is 1. The molecule has 0 saturated heterocycles. The van der Waals surface area contributed by atoms with Gasteiger partial charge in [0.2, 0.25) is 5.91 Å². The number of aromatic nitrogens is 1. The second-order valence-corrected chi connectivity index (χ2v) is 7.10. The van der Waals surface area contributed by atoms with Crippen molar-refractivity contribution in [2.75, 3.05) is 4.90 Å². The molecule has 0 bridgehead atoms. The molecule has 0 radical (unpaired) electrons. The lowest BCUT2D eigenvalue weighted by Crippen LogP contribution is -2.34. The monoisotopic (exact) mass is 372 g/mol. The highest BCUT2D eigenvalue weighted by atomic mass is 32.1. The molecule has 0 N–H and O–H groups in total. The molecule has 1 atom stereocenters. The Kier molecular flexibility index (Phi) is 3.96. The smallest absolute Gasteiger partial charge is 0.288 e. The summed E-state index contributed by atoms with van der Waals surface area (Å²) in [6, 6.07) is 12.3. The van der Waals surface area contributed by atoms with Crippen LogP contribution in [-0.4, -0.2) is 10.5 Å². The van der Waals surface area contributed by atoms with E-state index in [1.807, 2.05) is 6.07 Å². The number of hydrogen-bond donors (Lipinski definition) is 0. The van der Waals surface area contributed by atoms with E-state index in [4.69, 9.17) is 0 Å². The average Bonchev–Trinajstić information content (AvgIpc) is 2.91. The lowest BCUT2D eigenvalue weighted by molar-refractivity contribution is -0.118. The fourth-order valence-electron chi connectivity index (χ4n) is 3.30. The van der Waals surface area contributed by atoms with Crippen molar-refractivity contribution in [1.29, 1.82) is 0 Å². The first-order chi connectivity index (χ1) is 12.5. The number of carbonyl (C=O) groups excluding carboxylic acids is 1. The number of halogens is 2. The van der Waals surface area contributed by atoms with Gasteiger partial charge in [0.1, 0.15) is 17.5 Å². The van der Waals surface area contributed by atoms with Gasteiger partial charge in [-0.1, -0.05) is 35.6 Å². The van der Waals surface area contributed by atoms with Crippen molar-refractivity contribution in [3.8, 4) is 0 Å². The van der Waals surface area contributed by atoms with Crippen LogP contribution in [-0.2, 0) is 11.8 Å². The standard InChI is InChI=1S/C19H14F2N2O2S/c1-22-18-17(26-19(22)25)14(13-8-7-11(20)9-15(13)21)10-16(24)23(18)12-5-3-2-4-6-12/h2-9,14H,10H2,1H3. The minimum Gasteiger partial charge on any atom is -0.288 e. The van der Waals surface area contributed by atoms with Crippen LogP contribution < -0.4 is 9.77 Å². The predicted octanol–water partition coefficient (Wildman–Crippen LogP) is 3.93. The fraction of sp³-hybridized carbons (Fsp3) is 0.158. The molecule has 1 aromatic heterocycles. The van der Waals surface area contributed by atoms with Gasteiger partial charge in [-0.15, -0.1) is 0 Å². The Morgan fingerprint density at radius 1 is 1.08 bits per heavy atom. The zero-order chi connectivity index (χ0) is 18.4. The Bertz CT molecular complexity index is 1060. The van der Waals surface area contributed by atoms with Crippen molar-refractivity contribution in [3.05, 3.63) is 80.3 Å². The third-order valence-electron chi connectivity index (χ3n) is 4.52. The summed E-state index contributed by atoms with van der Waals surface area (Å²) in [6.07, 6.45) is 0.00437. The van der Waals surface area contributed by atoms with Crippen LogP contribution in [0.3, 0.4) is 0 Å². The van der Waals surface area contributed by atoms with Crippen LogP contribution in [0.25, 0.3) is 0 Å². The van der Waals surface area contributed by atoms with Crippen molar-refractivity contribution in [2.45, 2.75) is 12.3 Å². The molecule has 4 nitrogen and oxygen atoms in total. The zero-order valence-corrected chi connectivity index (χ0v) is 14.6. The van der Waals surface area contributed by atoms with E-state index < -0.39 is 17.6 Å². The Balaban J connectivity index is 1.92. The van der Waals surface area contributed by atoms with Gasteiger partial charge in [-0.05, 0) is 23.8 Å². The third-order valence-corrected chi connectivity index (χ3v) is 5.65. The van der Waals surface area contributed by atoms with Crippen LogP contribution in [0.1, 0.15) is 22.8 Å². The molecule has 1 aliphatic rings. The van der Waals surface area contributed by atoms with Crippen LogP contribution >= 0.6 is 11.3 Å². The predicted molar refractivity (Wildman–Crippen MR) is 96.0 cm³/mol. The summed E-state index contributed by atoms with van der Waals surface area (Å²) in [5.41, 5.74) is 0.862. The summed E-state index contributed by atoms with van der Waals surface area (Å²) in [6.45, 7) is 0. The van der Waals surface area contributed by atoms with E-state index >= 15 is 0 Å². The number of nitrogens with zero attached hydrogens (tertiary/aromatic N) is 2. The topological polar surface area (TPSA) is 42.3 Å². The molecular weight excluding hydrogens is 358 g/mol. The quantitative estimate of drug-likeness (QED) is 0.684. The van der Waals surface area contributed by atoms with Gasteiger partial charge in [-0.3, -0.25) is 19.1 Å². The molecule has 2 aromatic carbocycles. The molecule has 132 valence electrons. The Morgan fingerprint density at radius 2 is 1.81 bits per heavy atom. The maximum Gasteiger partial charge on any atom is 0.308 e. The van der Waals surface area contributed by atoms with Crippen LogP contribution in [0.4, 0.5) is 20.3 Å². The van der Waals surface area contributed by atoms with E-state index in [1.54, 1.807) is 31.3 Å². The maximum atomic E-state index is 14.3. The SMILES string of the molecule is Cn1c2c(sc1=O)C(c1ccc(F)cc1F)CC(=O)N2c1ccccc1. The number of rotatable bonds is 2. The summed E-state index contributed by atoms with van der Waals surface area (Å²) in [5, 5.41) is 0. The molecule has 0 fully saturated rings. The first-order valence-corrected chi connectivity index (χ1v) is 8.81. The minimum atomic E-state index is -0.717. The molecule has 0 spiro atoms. The minimum absolute atomic E-state index is 0.00437. The first-order valence-electron chi connectivity index (χ1n) is 8.00. The van der Waals surface area contributed by atoms with Gasteiger partial charge in [0.15, 0.2) is 0 Å². The van der Waals surface area contributed by atoms with E-state index in [9.17, 15) is 18.4 Å². The van der Waals surface area contributed by atoms with Crippen LogP contribution in [0.15, 0.2) is 53.3 Å². The van der Waals surface area contributed by atoms with Crippen molar-refractivity contribution >= 4 is 28.7 Å². The second-order valence-electron chi connectivity index (χ2n) is 6.10. The normalized spacial score (nSPS) is 16.7. The summed E-state index contributed by atoms with van der Waals surface area (Å²) >= 11 is 0.986. The number of anilines is 2. The van der Waals surface area contributed by atoms with Crippen molar-refractivity contribution in [2.24, 2.45) is 7.05 Å².